The third kappa shape index (κ3) is 2.47. The van der Waals surface area contributed by atoms with Crippen LogP contribution in [0.25, 0.3) is 0 Å². The molecule has 3 aliphatic rings. The number of nitrogens with zero attached hydrogens (tertiary/aromatic N) is 1. The van der Waals surface area contributed by atoms with Gasteiger partial charge in [0.25, 0.3) is 0 Å². The zero-order valence-electron chi connectivity index (χ0n) is 12.4. The largest absolute Gasteiger partial charge is 0.486 e. The van der Waals surface area contributed by atoms with Crippen molar-refractivity contribution in [2.24, 2.45) is 0 Å². The second kappa shape index (κ2) is 5.35. The second-order valence-electron chi connectivity index (χ2n) is 6.18. The Morgan fingerprint density at radius 2 is 2.00 bits per heavy atom. The Kier molecular flexibility index (Phi) is 3.33. The zero-order chi connectivity index (χ0) is 15.0. The minimum atomic E-state index is -0.310. The summed E-state index contributed by atoms with van der Waals surface area (Å²) < 4.78 is 17.3. The molecule has 0 aromatic heterocycles. The van der Waals surface area contributed by atoms with Crippen molar-refractivity contribution in [3.63, 3.8) is 0 Å². The number of para-hydroxylation sites is 2. The standard InChI is InChI=1S/C16H20N2O4/c19-15-18(11-16(22-15)5-7-17-8-6-16)9-12-10-20-13-3-1-2-4-14(13)21-12/h1-4,12,17H,5-11H2. The van der Waals surface area contributed by atoms with Crippen LogP contribution in [0.2, 0.25) is 0 Å². The fourth-order valence-corrected chi connectivity index (χ4v) is 3.37. The van der Waals surface area contributed by atoms with Gasteiger partial charge in [-0.25, -0.2) is 4.79 Å². The Hall–Kier alpha value is -1.95. The van der Waals surface area contributed by atoms with Gasteiger partial charge < -0.3 is 24.4 Å². The van der Waals surface area contributed by atoms with Crippen molar-refractivity contribution in [1.82, 2.24) is 10.2 Å². The molecule has 6 nitrogen and oxygen atoms in total. The van der Waals surface area contributed by atoms with E-state index in [1.165, 1.54) is 0 Å². The van der Waals surface area contributed by atoms with Gasteiger partial charge in [0.2, 0.25) is 0 Å². The summed E-state index contributed by atoms with van der Waals surface area (Å²) in [6, 6.07) is 7.61. The summed E-state index contributed by atoms with van der Waals surface area (Å²) in [6.07, 6.45) is 1.36. The van der Waals surface area contributed by atoms with E-state index in [2.05, 4.69) is 5.32 Å². The molecule has 6 heteroatoms. The van der Waals surface area contributed by atoms with Crippen LogP contribution in [-0.2, 0) is 4.74 Å². The van der Waals surface area contributed by atoms with E-state index in [0.717, 1.165) is 37.4 Å². The minimum absolute atomic E-state index is 0.153. The zero-order valence-corrected chi connectivity index (χ0v) is 12.4. The van der Waals surface area contributed by atoms with Crippen LogP contribution >= 0.6 is 0 Å². The van der Waals surface area contributed by atoms with E-state index in [1.807, 2.05) is 24.3 Å². The van der Waals surface area contributed by atoms with Crippen LogP contribution in [-0.4, -0.2) is 55.5 Å². The molecule has 4 rings (SSSR count). The fourth-order valence-electron chi connectivity index (χ4n) is 3.37. The number of carbonyl (C=O) groups is 1. The number of rotatable bonds is 2. The van der Waals surface area contributed by atoms with Gasteiger partial charge in [0.1, 0.15) is 12.2 Å². The highest BCUT2D eigenvalue weighted by atomic mass is 16.6. The summed E-state index contributed by atoms with van der Waals surface area (Å²) in [5.41, 5.74) is -0.310. The van der Waals surface area contributed by atoms with Gasteiger partial charge in [-0.15, -0.1) is 0 Å². The first-order valence-corrected chi connectivity index (χ1v) is 7.81. The molecule has 118 valence electrons. The molecular weight excluding hydrogens is 284 g/mol. The summed E-state index contributed by atoms with van der Waals surface area (Å²) in [5, 5.41) is 3.30. The molecule has 3 heterocycles. The lowest BCUT2D eigenvalue weighted by atomic mass is 9.92. The summed E-state index contributed by atoms with van der Waals surface area (Å²) in [5.74, 6) is 1.50. The number of benzene rings is 1. The van der Waals surface area contributed by atoms with Gasteiger partial charge in [0.05, 0.1) is 13.1 Å². The van der Waals surface area contributed by atoms with Crippen LogP contribution < -0.4 is 14.8 Å². The molecule has 3 aliphatic heterocycles. The Morgan fingerprint density at radius 3 is 2.82 bits per heavy atom. The Balaban J connectivity index is 1.41. The van der Waals surface area contributed by atoms with Gasteiger partial charge >= 0.3 is 6.09 Å². The van der Waals surface area contributed by atoms with E-state index in [4.69, 9.17) is 14.2 Å². The average Bonchev–Trinajstić information content (AvgIpc) is 2.83. The topological polar surface area (TPSA) is 60.0 Å². The monoisotopic (exact) mass is 304 g/mol. The van der Waals surface area contributed by atoms with Crippen LogP contribution in [0, 0.1) is 0 Å². The van der Waals surface area contributed by atoms with E-state index in [-0.39, 0.29) is 17.8 Å². The second-order valence-corrected chi connectivity index (χ2v) is 6.18. The molecule has 0 aliphatic carbocycles. The maximum Gasteiger partial charge on any atom is 0.410 e. The fraction of sp³-hybridized carbons (Fsp3) is 0.562. The Bertz CT molecular complexity index is 571. The molecule has 0 radical (unpaired) electrons. The van der Waals surface area contributed by atoms with Gasteiger partial charge in [0.15, 0.2) is 17.6 Å². The summed E-state index contributed by atoms with van der Waals surface area (Å²) in [4.78, 5) is 13.9. The Morgan fingerprint density at radius 1 is 1.23 bits per heavy atom. The lowest BCUT2D eigenvalue weighted by Gasteiger charge is -2.32. The van der Waals surface area contributed by atoms with Crippen molar-refractivity contribution < 1.29 is 19.0 Å². The minimum Gasteiger partial charge on any atom is -0.486 e. The summed E-state index contributed by atoms with van der Waals surface area (Å²) >= 11 is 0. The maximum atomic E-state index is 12.2. The molecular formula is C16H20N2O4. The lowest BCUT2D eigenvalue weighted by Crippen LogP contribution is -2.46. The smallest absolute Gasteiger partial charge is 0.410 e. The van der Waals surface area contributed by atoms with E-state index >= 15 is 0 Å². The molecule has 1 aromatic rings. The molecule has 1 N–H and O–H groups in total. The molecule has 0 bridgehead atoms. The van der Waals surface area contributed by atoms with Crippen LogP contribution in [0.3, 0.4) is 0 Å². The van der Waals surface area contributed by atoms with Crippen molar-refractivity contribution in [1.29, 1.82) is 0 Å². The predicted molar refractivity (Wildman–Crippen MR) is 79.2 cm³/mol. The third-order valence-corrected chi connectivity index (χ3v) is 4.55. The molecule has 0 saturated carbocycles. The number of nitrogens with one attached hydrogen (secondary N) is 1. The highest BCUT2D eigenvalue weighted by molar-refractivity contribution is 5.70. The number of carbonyl (C=O) groups excluding carboxylic acids is 1. The molecule has 22 heavy (non-hydrogen) atoms. The number of amides is 1. The normalized spacial score (nSPS) is 26.1. The van der Waals surface area contributed by atoms with Crippen LogP contribution in [0.5, 0.6) is 11.5 Å². The quantitative estimate of drug-likeness (QED) is 0.895. The van der Waals surface area contributed by atoms with Crippen LogP contribution in [0.1, 0.15) is 12.8 Å². The first kappa shape index (κ1) is 13.7. The van der Waals surface area contributed by atoms with Gasteiger partial charge in [-0.1, -0.05) is 12.1 Å². The number of ether oxygens (including phenoxy) is 3. The Labute approximate surface area is 129 Å². The van der Waals surface area contributed by atoms with Crippen LogP contribution in [0.4, 0.5) is 4.79 Å². The first-order chi connectivity index (χ1) is 10.7. The van der Waals surface area contributed by atoms with E-state index in [0.29, 0.717) is 19.7 Å². The molecule has 1 unspecified atom stereocenters. The van der Waals surface area contributed by atoms with Gasteiger partial charge in [0, 0.05) is 12.8 Å². The maximum absolute atomic E-state index is 12.2. The van der Waals surface area contributed by atoms with E-state index in [9.17, 15) is 4.79 Å². The molecule has 1 aromatic carbocycles. The van der Waals surface area contributed by atoms with Crippen LogP contribution in [0.15, 0.2) is 24.3 Å². The SMILES string of the molecule is O=C1OC2(CCNCC2)CN1CC1COc2ccccc2O1. The molecule has 2 saturated heterocycles. The van der Waals surface area contributed by atoms with Crippen molar-refractivity contribution in [2.75, 3.05) is 32.8 Å². The first-order valence-electron chi connectivity index (χ1n) is 7.81. The van der Waals surface area contributed by atoms with Crippen molar-refractivity contribution in [3.05, 3.63) is 24.3 Å². The molecule has 1 spiro atoms. The lowest BCUT2D eigenvalue weighted by molar-refractivity contribution is 0.0316. The highest BCUT2D eigenvalue weighted by Crippen LogP contribution is 2.34. The molecule has 2 fully saturated rings. The summed E-state index contributed by atoms with van der Waals surface area (Å²) in [6.45, 7) is 3.40. The van der Waals surface area contributed by atoms with Crippen molar-refractivity contribution in [2.45, 2.75) is 24.5 Å². The van der Waals surface area contributed by atoms with Gasteiger partial charge in [-0.05, 0) is 25.2 Å². The number of fused-ring (bicyclic) bond motifs is 1. The number of hydrogen-bond donors (Lipinski definition) is 1. The third-order valence-electron chi connectivity index (χ3n) is 4.55. The molecule has 1 atom stereocenters. The van der Waals surface area contributed by atoms with Crippen molar-refractivity contribution in [3.8, 4) is 11.5 Å². The average molecular weight is 304 g/mol. The van der Waals surface area contributed by atoms with Crippen molar-refractivity contribution >= 4 is 6.09 Å². The van der Waals surface area contributed by atoms with Gasteiger partial charge in [-0.2, -0.15) is 0 Å². The highest BCUT2D eigenvalue weighted by Gasteiger charge is 2.46. The van der Waals surface area contributed by atoms with Gasteiger partial charge in [-0.3, -0.25) is 0 Å². The summed E-state index contributed by atoms with van der Waals surface area (Å²) in [7, 11) is 0. The van der Waals surface area contributed by atoms with E-state index < -0.39 is 0 Å². The van der Waals surface area contributed by atoms with E-state index in [1.54, 1.807) is 4.90 Å². The predicted octanol–water partition coefficient (Wildman–Crippen LogP) is 1.40. The number of piperidine rings is 1. The number of hydrogen-bond acceptors (Lipinski definition) is 5. The molecule has 1 amide bonds.